The lowest BCUT2D eigenvalue weighted by Crippen LogP contribution is -2.33. The Bertz CT molecular complexity index is 395. The maximum absolute atomic E-state index is 8.64. The molecule has 0 atom stereocenters. The van der Waals surface area contributed by atoms with Gasteiger partial charge in [0.1, 0.15) is 11.4 Å². The van der Waals surface area contributed by atoms with Gasteiger partial charge in [0.15, 0.2) is 5.82 Å². The van der Waals surface area contributed by atoms with E-state index in [1.54, 1.807) is 0 Å². The lowest BCUT2D eigenvalue weighted by atomic mass is 9.84. The van der Waals surface area contributed by atoms with E-state index in [2.05, 4.69) is 21.3 Å². The molecule has 0 aliphatic heterocycles. The van der Waals surface area contributed by atoms with Crippen LogP contribution in [-0.2, 0) is 16.8 Å². The molecule has 0 spiro atoms. The molecular formula is C12H18N4O. The smallest absolute Gasteiger partial charge is 0.182 e. The SMILES string of the molecule is CCOC1(c2n[nH]c(CC#N)n2)CCCCC1. The second-order valence-corrected chi connectivity index (χ2v) is 4.43. The second-order valence-electron chi connectivity index (χ2n) is 4.43. The fourth-order valence-corrected chi connectivity index (χ4v) is 2.48. The molecule has 1 aliphatic rings. The number of aromatic nitrogens is 3. The third-order valence-electron chi connectivity index (χ3n) is 3.27. The van der Waals surface area contributed by atoms with E-state index in [-0.39, 0.29) is 12.0 Å². The Labute approximate surface area is 101 Å². The summed E-state index contributed by atoms with van der Waals surface area (Å²) in [6, 6.07) is 2.07. The summed E-state index contributed by atoms with van der Waals surface area (Å²) in [5, 5.41) is 15.7. The highest BCUT2D eigenvalue weighted by molar-refractivity contribution is 5.06. The van der Waals surface area contributed by atoms with Crippen LogP contribution in [-0.4, -0.2) is 21.8 Å². The van der Waals surface area contributed by atoms with Gasteiger partial charge >= 0.3 is 0 Å². The van der Waals surface area contributed by atoms with Crippen LogP contribution in [0.25, 0.3) is 0 Å². The Balaban J connectivity index is 2.22. The summed E-state index contributed by atoms with van der Waals surface area (Å²) in [7, 11) is 0. The first-order valence-electron chi connectivity index (χ1n) is 6.23. The number of nitrogens with zero attached hydrogens (tertiary/aromatic N) is 3. The molecule has 17 heavy (non-hydrogen) atoms. The molecule has 5 nitrogen and oxygen atoms in total. The normalized spacial score (nSPS) is 18.8. The Morgan fingerprint density at radius 2 is 2.18 bits per heavy atom. The van der Waals surface area contributed by atoms with Crippen LogP contribution in [0.1, 0.15) is 50.7 Å². The van der Waals surface area contributed by atoms with E-state index in [4.69, 9.17) is 10.00 Å². The number of ether oxygens (including phenoxy) is 1. The minimum atomic E-state index is -0.322. The molecule has 0 bridgehead atoms. The first kappa shape index (κ1) is 12.1. The molecule has 0 aromatic carbocycles. The van der Waals surface area contributed by atoms with Crippen LogP contribution < -0.4 is 0 Å². The largest absolute Gasteiger partial charge is 0.367 e. The van der Waals surface area contributed by atoms with Gasteiger partial charge in [-0.05, 0) is 19.8 Å². The summed E-state index contributed by atoms with van der Waals surface area (Å²) >= 11 is 0. The van der Waals surface area contributed by atoms with E-state index < -0.39 is 0 Å². The topological polar surface area (TPSA) is 74.6 Å². The van der Waals surface area contributed by atoms with Gasteiger partial charge in [-0.1, -0.05) is 19.3 Å². The van der Waals surface area contributed by atoms with Crippen LogP contribution in [0.2, 0.25) is 0 Å². The molecule has 0 amide bonds. The number of nitrogens with one attached hydrogen (secondary N) is 1. The second kappa shape index (κ2) is 5.28. The van der Waals surface area contributed by atoms with Gasteiger partial charge in [-0.15, -0.1) is 0 Å². The molecule has 2 rings (SSSR count). The van der Waals surface area contributed by atoms with Crippen molar-refractivity contribution in [3.05, 3.63) is 11.6 Å². The van der Waals surface area contributed by atoms with Gasteiger partial charge < -0.3 is 4.74 Å². The highest BCUT2D eigenvalue weighted by atomic mass is 16.5. The lowest BCUT2D eigenvalue weighted by molar-refractivity contribution is -0.0764. The minimum Gasteiger partial charge on any atom is -0.367 e. The average Bonchev–Trinajstić information content (AvgIpc) is 2.80. The molecule has 1 N–H and O–H groups in total. The summed E-state index contributed by atoms with van der Waals surface area (Å²) in [5.74, 6) is 1.36. The van der Waals surface area contributed by atoms with Crippen molar-refractivity contribution in [3.63, 3.8) is 0 Å². The van der Waals surface area contributed by atoms with Crippen molar-refractivity contribution < 1.29 is 4.74 Å². The zero-order valence-corrected chi connectivity index (χ0v) is 10.2. The fraction of sp³-hybridized carbons (Fsp3) is 0.750. The molecule has 0 radical (unpaired) electrons. The van der Waals surface area contributed by atoms with E-state index in [9.17, 15) is 0 Å². The number of H-pyrrole nitrogens is 1. The lowest BCUT2D eigenvalue weighted by Gasteiger charge is -2.34. The Morgan fingerprint density at radius 3 is 2.82 bits per heavy atom. The number of nitriles is 1. The van der Waals surface area contributed by atoms with Gasteiger partial charge in [0.2, 0.25) is 0 Å². The molecule has 1 saturated carbocycles. The zero-order chi connectivity index (χ0) is 12.1. The first-order chi connectivity index (χ1) is 8.30. The monoisotopic (exact) mass is 234 g/mol. The number of hydrogen-bond donors (Lipinski definition) is 1. The average molecular weight is 234 g/mol. The van der Waals surface area contributed by atoms with Gasteiger partial charge in [-0.25, -0.2) is 4.98 Å². The van der Waals surface area contributed by atoms with Crippen molar-refractivity contribution in [2.45, 2.75) is 51.0 Å². The summed E-state index contributed by atoms with van der Waals surface area (Å²) in [5.41, 5.74) is -0.322. The fourth-order valence-electron chi connectivity index (χ4n) is 2.48. The third-order valence-corrected chi connectivity index (χ3v) is 3.27. The van der Waals surface area contributed by atoms with E-state index in [1.807, 2.05) is 6.92 Å². The van der Waals surface area contributed by atoms with Crippen molar-refractivity contribution in [3.8, 4) is 6.07 Å². The molecule has 1 aromatic heterocycles. The maximum atomic E-state index is 8.64. The summed E-state index contributed by atoms with van der Waals surface area (Å²) < 4.78 is 5.92. The van der Waals surface area contributed by atoms with Crippen LogP contribution in [0.5, 0.6) is 0 Å². The van der Waals surface area contributed by atoms with E-state index in [0.717, 1.165) is 31.5 Å². The van der Waals surface area contributed by atoms with Gasteiger partial charge in [-0.2, -0.15) is 10.4 Å². The molecule has 92 valence electrons. The van der Waals surface area contributed by atoms with Crippen molar-refractivity contribution >= 4 is 0 Å². The van der Waals surface area contributed by atoms with Gasteiger partial charge in [-0.3, -0.25) is 5.10 Å². The first-order valence-corrected chi connectivity index (χ1v) is 6.23. The molecule has 0 saturated heterocycles. The molecule has 1 aromatic rings. The minimum absolute atomic E-state index is 0.273. The van der Waals surface area contributed by atoms with Crippen molar-refractivity contribution in [2.24, 2.45) is 0 Å². The van der Waals surface area contributed by atoms with Crippen LogP contribution in [0.4, 0.5) is 0 Å². The van der Waals surface area contributed by atoms with Crippen LogP contribution in [0.3, 0.4) is 0 Å². The van der Waals surface area contributed by atoms with E-state index in [1.165, 1.54) is 6.42 Å². The standard InChI is InChI=1S/C12H18N4O/c1-2-17-12(7-4-3-5-8-12)11-14-10(6-9-13)15-16-11/h2-8H2,1H3,(H,14,15,16). The van der Waals surface area contributed by atoms with Gasteiger partial charge in [0.25, 0.3) is 0 Å². The number of hydrogen-bond acceptors (Lipinski definition) is 4. The maximum Gasteiger partial charge on any atom is 0.182 e. The predicted molar refractivity (Wildman–Crippen MR) is 62.1 cm³/mol. The zero-order valence-electron chi connectivity index (χ0n) is 10.2. The van der Waals surface area contributed by atoms with Crippen LogP contribution >= 0.6 is 0 Å². The predicted octanol–water partition coefficient (Wildman–Crippen LogP) is 2.07. The third kappa shape index (κ3) is 2.47. The summed E-state index contributed by atoms with van der Waals surface area (Å²) in [4.78, 5) is 4.40. The van der Waals surface area contributed by atoms with Crippen LogP contribution in [0.15, 0.2) is 0 Å². The number of aromatic amines is 1. The quantitative estimate of drug-likeness (QED) is 0.865. The van der Waals surface area contributed by atoms with Crippen molar-refractivity contribution in [1.82, 2.24) is 15.2 Å². The van der Waals surface area contributed by atoms with Gasteiger partial charge in [0, 0.05) is 6.61 Å². The molecule has 1 fully saturated rings. The molecule has 5 heteroatoms. The summed E-state index contributed by atoms with van der Waals surface area (Å²) in [6.07, 6.45) is 5.79. The van der Waals surface area contributed by atoms with Crippen molar-refractivity contribution in [2.75, 3.05) is 6.61 Å². The Kier molecular flexibility index (Phi) is 3.75. The number of rotatable bonds is 4. The molecule has 1 heterocycles. The van der Waals surface area contributed by atoms with Crippen molar-refractivity contribution in [1.29, 1.82) is 5.26 Å². The summed E-state index contributed by atoms with van der Waals surface area (Å²) in [6.45, 7) is 2.67. The molecule has 1 aliphatic carbocycles. The highest BCUT2D eigenvalue weighted by Crippen LogP contribution is 2.38. The Hall–Kier alpha value is -1.41. The highest BCUT2D eigenvalue weighted by Gasteiger charge is 2.38. The van der Waals surface area contributed by atoms with E-state index in [0.29, 0.717) is 12.4 Å². The molecule has 0 unspecified atom stereocenters. The molecular weight excluding hydrogens is 216 g/mol. The van der Waals surface area contributed by atoms with E-state index >= 15 is 0 Å². The van der Waals surface area contributed by atoms with Crippen LogP contribution in [0, 0.1) is 11.3 Å². The van der Waals surface area contributed by atoms with Gasteiger partial charge in [0.05, 0.1) is 12.5 Å². The Morgan fingerprint density at radius 1 is 1.41 bits per heavy atom.